The Morgan fingerprint density at radius 1 is 1.26 bits per heavy atom. The lowest BCUT2D eigenvalue weighted by Crippen LogP contribution is -2.06. The van der Waals surface area contributed by atoms with E-state index in [1.54, 1.807) is 6.26 Å². The Morgan fingerprint density at radius 3 is 2.74 bits per heavy atom. The maximum absolute atomic E-state index is 5.48. The number of hydrogen-bond acceptors (Lipinski definition) is 4. The molecule has 0 bridgehead atoms. The molecule has 4 nitrogen and oxygen atoms in total. The van der Waals surface area contributed by atoms with E-state index >= 15 is 0 Å². The molecule has 0 saturated carbocycles. The van der Waals surface area contributed by atoms with Crippen molar-refractivity contribution in [3.8, 4) is 11.5 Å². The first kappa shape index (κ1) is 14.1. The second kappa shape index (κ2) is 6.70. The van der Waals surface area contributed by atoms with Crippen molar-refractivity contribution in [2.24, 2.45) is 0 Å². The molecule has 0 aromatic carbocycles. The van der Waals surface area contributed by atoms with Gasteiger partial charge in [0.2, 0.25) is 0 Å². The maximum atomic E-state index is 5.48. The molecule has 0 saturated heterocycles. The average Bonchev–Trinajstić information content (AvgIpc) is 2.83. The van der Waals surface area contributed by atoms with Gasteiger partial charge < -0.3 is 9.73 Å². The molecule has 2 rings (SSSR count). The van der Waals surface area contributed by atoms with Gasteiger partial charge in [0.25, 0.3) is 0 Å². The number of hydrogen-bond donors (Lipinski definition) is 1. The standard InChI is InChI=1S/C14H18BrN3O/c1-3-5-12-17-11(14-10(15)6-8-19-14)9-13(18-12)16-7-4-2/h6,8-9H,3-5,7H2,1-2H3,(H,16,17,18). The lowest BCUT2D eigenvalue weighted by molar-refractivity contribution is 0.578. The van der Waals surface area contributed by atoms with E-state index in [1.165, 1.54) is 0 Å². The molecule has 0 amide bonds. The SMILES string of the molecule is CCCNc1cc(-c2occc2Br)nc(CCC)n1. The quantitative estimate of drug-likeness (QED) is 0.862. The fourth-order valence-corrected chi connectivity index (χ4v) is 2.17. The first-order valence-electron chi connectivity index (χ1n) is 6.59. The zero-order chi connectivity index (χ0) is 13.7. The molecular weight excluding hydrogens is 306 g/mol. The van der Waals surface area contributed by atoms with Crippen LogP contribution in [0.15, 0.2) is 27.3 Å². The third-order valence-corrected chi connectivity index (χ3v) is 3.28. The first-order valence-corrected chi connectivity index (χ1v) is 7.39. The minimum absolute atomic E-state index is 0.749. The Kier molecular flexibility index (Phi) is 4.96. The third-order valence-electron chi connectivity index (χ3n) is 2.65. The number of halogens is 1. The van der Waals surface area contributed by atoms with E-state index in [2.05, 4.69) is 45.1 Å². The highest BCUT2D eigenvalue weighted by Crippen LogP contribution is 2.29. The van der Waals surface area contributed by atoms with Crippen molar-refractivity contribution >= 4 is 21.7 Å². The topological polar surface area (TPSA) is 51.0 Å². The van der Waals surface area contributed by atoms with Crippen molar-refractivity contribution < 1.29 is 4.42 Å². The van der Waals surface area contributed by atoms with Crippen molar-refractivity contribution in [2.45, 2.75) is 33.1 Å². The summed E-state index contributed by atoms with van der Waals surface area (Å²) in [5.41, 5.74) is 0.814. The molecule has 0 unspecified atom stereocenters. The van der Waals surface area contributed by atoms with Crippen LogP contribution in [-0.2, 0) is 6.42 Å². The van der Waals surface area contributed by atoms with Crippen LogP contribution in [0.4, 0.5) is 5.82 Å². The van der Waals surface area contributed by atoms with Gasteiger partial charge in [-0.1, -0.05) is 13.8 Å². The minimum atomic E-state index is 0.749. The van der Waals surface area contributed by atoms with Gasteiger partial charge in [-0.25, -0.2) is 9.97 Å². The normalized spacial score (nSPS) is 10.7. The van der Waals surface area contributed by atoms with Gasteiger partial charge in [0, 0.05) is 19.0 Å². The summed E-state index contributed by atoms with van der Waals surface area (Å²) in [7, 11) is 0. The number of nitrogens with one attached hydrogen (secondary N) is 1. The van der Waals surface area contributed by atoms with Crippen LogP contribution in [0.1, 0.15) is 32.5 Å². The van der Waals surface area contributed by atoms with Crippen LogP contribution in [0.5, 0.6) is 0 Å². The van der Waals surface area contributed by atoms with E-state index in [4.69, 9.17) is 4.42 Å². The van der Waals surface area contributed by atoms with Crippen LogP contribution in [0.3, 0.4) is 0 Å². The second-order valence-corrected chi connectivity index (χ2v) is 5.18. The van der Waals surface area contributed by atoms with Gasteiger partial charge in [-0.2, -0.15) is 0 Å². The van der Waals surface area contributed by atoms with Crippen molar-refractivity contribution in [1.29, 1.82) is 0 Å². The predicted octanol–water partition coefficient (Wildman–Crippen LogP) is 4.27. The second-order valence-electron chi connectivity index (χ2n) is 4.33. The van der Waals surface area contributed by atoms with Gasteiger partial charge in [0.05, 0.1) is 10.7 Å². The summed E-state index contributed by atoms with van der Waals surface area (Å²) in [5, 5.41) is 3.31. The maximum Gasteiger partial charge on any atom is 0.166 e. The molecule has 2 aromatic heterocycles. The van der Waals surface area contributed by atoms with E-state index in [1.807, 2.05) is 12.1 Å². The fraction of sp³-hybridized carbons (Fsp3) is 0.429. The fourth-order valence-electron chi connectivity index (χ4n) is 1.77. The largest absolute Gasteiger partial charge is 0.461 e. The molecule has 0 spiro atoms. The number of aromatic nitrogens is 2. The molecule has 19 heavy (non-hydrogen) atoms. The summed E-state index contributed by atoms with van der Waals surface area (Å²) in [6.07, 6.45) is 4.61. The number of nitrogens with zero attached hydrogens (tertiary/aromatic N) is 2. The monoisotopic (exact) mass is 323 g/mol. The molecule has 2 heterocycles. The van der Waals surface area contributed by atoms with Gasteiger partial charge in [-0.15, -0.1) is 0 Å². The molecule has 0 atom stereocenters. The van der Waals surface area contributed by atoms with E-state index in [0.29, 0.717) is 0 Å². The zero-order valence-corrected chi connectivity index (χ0v) is 12.8. The lowest BCUT2D eigenvalue weighted by atomic mass is 10.2. The van der Waals surface area contributed by atoms with Crippen LogP contribution >= 0.6 is 15.9 Å². The average molecular weight is 324 g/mol. The molecule has 2 aromatic rings. The van der Waals surface area contributed by atoms with E-state index in [9.17, 15) is 0 Å². The van der Waals surface area contributed by atoms with Crippen LogP contribution in [0.25, 0.3) is 11.5 Å². The number of aryl methyl sites for hydroxylation is 1. The first-order chi connectivity index (χ1) is 9.24. The molecule has 5 heteroatoms. The highest BCUT2D eigenvalue weighted by Gasteiger charge is 2.11. The van der Waals surface area contributed by atoms with Crippen molar-refractivity contribution in [3.63, 3.8) is 0 Å². The number of anilines is 1. The molecule has 0 radical (unpaired) electrons. The Balaban J connectivity index is 2.36. The van der Waals surface area contributed by atoms with Gasteiger partial charge >= 0.3 is 0 Å². The van der Waals surface area contributed by atoms with Crippen LogP contribution in [0.2, 0.25) is 0 Å². The molecule has 0 aliphatic heterocycles. The Hall–Kier alpha value is -1.36. The van der Waals surface area contributed by atoms with Crippen LogP contribution in [0, 0.1) is 0 Å². The Bertz CT molecular complexity index is 539. The van der Waals surface area contributed by atoms with E-state index in [0.717, 1.165) is 53.4 Å². The number of rotatable bonds is 6. The molecule has 1 N–H and O–H groups in total. The summed E-state index contributed by atoms with van der Waals surface area (Å²) in [6, 6.07) is 3.80. The Labute approximate surface area is 121 Å². The summed E-state index contributed by atoms with van der Waals surface area (Å²) in [6.45, 7) is 5.16. The van der Waals surface area contributed by atoms with Crippen LogP contribution in [-0.4, -0.2) is 16.5 Å². The molecule has 0 aliphatic carbocycles. The van der Waals surface area contributed by atoms with Crippen molar-refractivity contribution in [3.05, 3.63) is 28.7 Å². The van der Waals surface area contributed by atoms with Crippen LogP contribution < -0.4 is 5.32 Å². The summed E-state index contributed by atoms with van der Waals surface area (Å²) in [4.78, 5) is 9.08. The highest BCUT2D eigenvalue weighted by atomic mass is 79.9. The summed E-state index contributed by atoms with van der Waals surface area (Å²) >= 11 is 3.47. The number of furan rings is 1. The molecule has 0 fully saturated rings. The zero-order valence-electron chi connectivity index (χ0n) is 11.2. The lowest BCUT2D eigenvalue weighted by Gasteiger charge is -2.08. The predicted molar refractivity (Wildman–Crippen MR) is 80.2 cm³/mol. The summed E-state index contributed by atoms with van der Waals surface area (Å²) < 4.78 is 6.39. The van der Waals surface area contributed by atoms with Crippen molar-refractivity contribution in [1.82, 2.24) is 9.97 Å². The van der Waals surface area contributed by atoms with Gasteiger partial charge in [-0.05, 0) is 34.8 Å². The van der Waals surface area contributed by atoms with Gasteiger partial charge in [0.15, 0.2) is 5.76 Å². The third kappa shape index (κ3) is 3.56. The van der Waals surface area contributed by atoms with E-state index in [-0.39, 0.29) is 0 Å². The van der Waals surface area contributed by atoms with E-state index < -0.39 is 0 Å². The minimum Gasteiger partial charge on any atom is -0.461 e. The molecule has 0 aliphatic rings. The smallest absolute Gasteiger partial charge is 0.166 e. The Morgan fingerprint density at radius 2 is 2.11 bits per heavy atom. The highest BCUT2D eigenvalue weighted by molar-refractivity contribution is 9.10. The van der Waals surface area contributed by atoms with Gasteiger partial charge in [0.1, 0.15) is 17.3 Å². The summed E-state index contributed by atoms with van der Waals surface area (Å²) in [5.74, 6) is 2.46. The molecule has 102 valence electrons. The van der Waals surface area contributed by atoms with Gasteiger partial charge in [-0.3, -0.25) is 0 Å². The molecular formula is C14H18BrN3O. The van der Waals surface area contributed by atoms with Crippen molar-refractivity contribution in [2.75, 3.05) is 11.9 Å².